The SMILES string of the molecule is CC1=C(c2ccccc2-c2ccccc2C=N)CC=C1. The largest absolute Gasteiger partial charge is 0.308 e. The van der Waals surface area contributed by atoms with Crippen LogP contribution >= 0.6 is 0 Å². The van der Waals surface area contributed by atoms with Crippen LogP contribution in [-0.4, -0.2) is 6.21 Å². The highest BCUT2D eigenvalue weighted by molar-refractivity contribution is 5.93. The zero-order valence-electron chi connectivity index (χ0n) is 11.6. The molecule has 98 valence electrons. The lowest BCUT2D eigenvalue weighted by Gasteiger charge is -2.14. The Kier molecular flexibility index (Phi) is 3.34. The molecular weight excluding hydrogens is 242 g/mol. The van der Waals surface area contributed by atoms with Gasteiger partial charge < -0.3 is 5.41 Å². The Balaban J connectivity index is 2.21. The molecule has 1 aliphatic carbocycles. The molecule has 3 rings (SSSR count). The van der Waals surface area contributed by atoms with Crippen molar-refractivity contribution in [3.8, 4) is 11.1 Å². The van der Waals surface area contributed by atoms with Crippen LogP contribution in [-0.2, 0) is 0 Å². The van der Waals surface area contributed by atoms with Gasteiger partial charge in [-0.05, 0) is 46.7 Å². The van der Waals surface area contributed by atoms with E-state index in [2.05, 4.69) is 49.4 Å². The third-order valence-electron chi connectivity index (χ3n) is 3.82. The standard InChI is InChI=1S/C19H17N/c1-14-7-6-12-16(14)18-10-4-5-11-19(18)17-9-3-2-8-15(17)13-20/h2-11,13,20H,12H2,1H3. The normalized spacial score (nSPS) is 13.8. The number of hydrogen-bond acceptors (Lipinski definition) is 1. The number of hydrogen-bond donors (Lipinski definition) is 1. The molecule has 0 bridgehead atoms. The van der Waals surface area contributed by atoms with Gasteiger partial charge in [0.05, 0.1) is 0 Å². The van der Waals surface area contributed by atoms with E-state index < -0.39 is 0 Å². The molecule has 0 radical (unpaired) electrons. The minimum absolute atomic E-state index is 0.962. The summed E-state index contributed by atoms with van der Waals surface area (Å²) < 4.78 is 0. The molecule has 20 heavy (non-hydrogen) atoms. The van der Waals surface area contributed by atoms with Crippen molar-refractivity contribution >= 4 is 11.8 Å². The lowest BCUT2D eigenvalue weighted by molar-refractivity contribution is 1.40. The van der Waals surface area contributed by atoms with E-state index >= 15 is 0 Å². The quantitative estimate of drug-likeness (QED) is 0.743. The monoisotopic (exact) mass is 259 g/mol. The van der Waals surface area contributed by atoms with E-state index in [1.807, 2.05) is 18.2 Å². The summed E-state index contributed by atoms with van der Waals surface area (Å²) >= 11 is 0. The minimum Gasteiger partial charge on any atom is -0.308 e. The van der Waals surface area contributed by atoms with Crippen LogP contribution in [0.15, 0.2) is 66.3 Å². The summed E-state index contributed by atoms with van der Waals surface area (Å²) in [4.78, 5) is 0. The van der Waals surface area contributed by atoms with Crippen LogP contribution in [0, 0.1) is 5.41 Å². The van der Waals surface area contributed by atoms with Crippen molar-refractivity contribution in [2.45, 2.75) is 13.3 Å². The second-order valence-electron chi connectivity index (χ2n) is 5.05. The van der Waals surface area contributed by atoms with Gasteiger partial charge in [-0.25, -0.2) is 0 Å². The summed E-state index contributed by atoms with van der Waals surface area (Å²) in [6.45, 7) is 2.16. The number of nitrogens with one attached hydrogen (secondary N) is 1. The van der Waals surface area contributed by atoms with Crippen LogP contribution in [0.1, 0.15) is 24.5 Å². The summed E-state index contributed by atoms with van der Waals surface area (Å²) in [5.41, 5.74) is 7.31. The molecule has 0 fully saturated rings. The molecule has 2 aromatic carbocycles. The summed E-state index contributed by atoms with van der Waals surface area (Å²) in [7, 11) is 0. The fourth-order valence-corrected chi connectivity index (χ4v) is 2.79. The van der Waals surface area contributed by atoms with Gasteiger partial charge in [-0.3, -0.25) is 0 Å². The first-order valence-corrected chi connectivity index (χ1v) is 6.87. The maximum absolute atomic E-state index is 7.60. The van der Waals surface area contributed by atoms with Gasteiger partial charge in [0.2, 0.25) is 0 Å². The molecular formula is C19H17N. The average molecular weight is 259 g/mol. The van der Waals surface area contributed by atoms with Gasteiger partial charge in [0.25, 0.3) is 0 Å². The van der Waals surface area contributed by atoms with Crippen molar-refractivity contribution in [2.24, 2.45) is 0 Å². The predicted octanol–water partition coefficient (Wildman–Crippen LogP) is 5.08. The van der Waals surface area contributed by atoms with E-state index in [4.69, 9.17) is 5.41 Å². The van der Waals surface area contributed by atoms with Crippen LogP contribution in [0.5, 0.6) is 0 Å². The molecule has 0 aromatic heterocycles. The van der Waals surface area contributed by atoms with E-state index in [0.717, 1.165) is 17.5 Å². The summed E-state index contributed by atoms with van der Waals surface area (Å²) in [6.07, 6.45) is 6.83. The van der Waals surface area contributed by atoms with Crippen LogP contribution in [0.3, 0.4) is 0 Å². The zero-order chi connectivity index (χ0) is 13.9. The predicted molar refractivity (Wildman–Crippen MR) is 86.1 cm³/mol. The third-order valence-corrected chi connectivity index (χ3v) is 3.82. The van der Waals surface area contributed by atoms with Gasteiger partial charge in [0.1, 0.15) is 0 Å². The van der Waals surface area contributed by atoms with Gasteiger partial charge in [-0.1, -0.05) is 60.7 Å². The van der Waals surface area contributed by atoms with Gasteiger partial charge in [-0.15, -0.1) is 0 Å². The van der Waals surface area contributed by atoms with Crippen molar-refractivity contribution in [1.82, 2.24) is 0 Å². The highest BCUT2D eigenvalue weighted by Gasteiger charge is 2.14. The first-order valence-electron chi connectivity index (χ1n) is 6.87. The molecule has 0 unspecified atom stereocenters. The van der Waals surface area contributed by atoms with E-state index in [1.54, 1.807) is 0 Å². The Morgan fingerprint density at radius 2 is 1.55 bits per heavy atom. The minimum atomic E-state index is 0.962. The van der Waals surface area contributed by atoms with Crippen molar-refractivity contribution in [1.29, 1.82) is 5.41 Å². The topological polar surface area (TPSA) is 23.9 Å². The second-order valence-corrected chi connectivity index (χ2v) is 5.05. The molecule has 0 heterocycles. The van der Waals surface area contributed by atoms with Crippen molar-refractivity contribution < 1.29 is 0 Å². The van der Waals surface area contributed by atoms with Crippen LogP contribution in [0.25, 0.3) is 16.7 Å². The maximum Gasteiger partial charge on any atom is 0.0256 e. The zero-order valence-corrected chi connectivity index (χ0v) is 11.6. The van der Waals surface area contributed by atoms with E-state index in [-0.39, 0.29) is 0 Å². The van der Waals surface area contributed by atoms with Gasteiger partial charge in [0.15, 0.2) is 0 Å². The number of allylic oxidation sites excluding steroid dienone is 4. The van der Waals surface area contributed by atoms with E-state index in [1.165, 1.54) is 28.5 Å². The van der Waals surface area contributed by atoms with Gasteiger partial charge in [-0.2, -0.15) is 0 Å². The summed E-state index contributed by atoms with van der Waals surface area (Å²) in [6, 6.07) is 16.6. The summed E-state index contributed by atoms with van der Waals surface area (Å²) in [5.74, 6) is 0. The second kappa shape index (κ2) is 5.30. The number of rotatable bonds is 3. The van der Waals surface area contributed by atoms with E-state index in [0.29, 0.717) is 0 Å². The highest BCUT2D eigenvalue weighted by atomic mass is 14.3. The highest BCUT2D eigenvalue weighted by Crippen LogP contribution is 2.36. The first kappa shape index (κ1) is 12.6. The average Bonchev–Trinajstić information content (AvgIpc) is 2.93. The Morgan fingerprint density at radius 1 is 0.900 bits per heavy atom. The molecule has 0 saturated heterocycles. The smallest absolute Gasteiger partial charge is 0.0256 e. The third kappa shape index (κ3) is 2.12. The molecule has 0 amide bonds. The van der Waals surface area contributed by atoms with Crippen LogP contribution < -0.4 is 0 Å². The molecule has 1 heteroatoms. The number of benzene rings is 2. The lowest BCUT2D eigenvalue weighted by Crippen LogP contribution is -1.93. The van der Waals surface area contributed by atoms with Crippen molar-refractivity contribution in [2.75, 3.05) is 0 Å². The molecule has 0 saturated carbocycles. The van der Waals surface area contributed by atoms with Crippen molar-refractivity contribution in [3.05, 3.63) is 77.4 Å². The molecule has 1 N–H and O–H groups in total. The molecule has 1 nitrogen and oxygen atoms in total. The van der Waals surface area contributed by atoms with Gasteiger partial charge >= 0.3 is 0 Å². The molecule has 0 aliphatic heterocycles. The Bertz CT molecular complexity index is 720. The van der Waals surface area contributed by atoms with Crippen LogP contribution in [0.2, 0.25) is 0 Å². The van der Waals surface area contributed by atoms with Gasteiger partial charge in [0, 0.05) is 6.21 Å². The maximum atomic E-state index is 7.60. The fourth-order valence-electron chi connectivity index (χ4n) is 2.79. The molecule has 2 aromatic rings. The van der Waals surface area contributed by atoms with Crippen LogP contribution in [0.4, 0.5) is 0 Å². The molecule has 1 aliphatic rings. The Labute approximate surface area is 119 Å². The Morgan fingerprint density at radius 3 is 2.20 bits per heavy atom. The molecule has 0 spiro atoms. The van der Waals surface area contributed by atoms with Crippen molar-refractivity contribution in [3.63, 3.8) is 0 Å². The van der Waals surface area contributed by atoms with E-state index in [9.17, 15) is 0 Å². The fraction of sp³-hybridized carbons (Fsp3) is 0.105. The molecule has 0 atom stereocenters. The summed E-state index contributed by atoms with van der Waals surface area (Å²) in [5, 5.41) is 7.60. The lowest BCUT2D eigenvalue weighted by atomic mass is 9.90. The first-order chi connectivity index (χ1) is 9.81. The Hall–Kier alpha value is -2.41.